The van der Waals surface area contributed by atoms with Crippen LogP contribution in [0.4, 0.5) is 4.39 Å². The van der Waals surface area contributed by atoms with Gasteiger partial charge in [-0.25, -0.2) is 4.39 Å². The van der Waals surface area contributed by atoms with Crippen molar-refractivity contribution in [3.8, 4) is 0 Å². The van der Waals surface area contributed by atoms with Crippen molar-refractivity contribution in [3.63, 3.8) is 0 Å². The Morgan fingerprint density at radius 1 is 1.10 bits per heavy atom. The molecule has 1 unspecified atom stereocenters. The Hall–Kier alpha value is -2.86. The molecule has 1 aromatic carbocycles. The molecule has 2 fully saturated rings. The summed E-state index contributed by atoms with van der Waals surface area (Å²) in [5.41, 5.74) is 6.28. The van der Waals surface area contributed by atoms with Crippen molar-refractivity contribution in [1.82, 2.24) is 16.0 Å². The quantitative estimate of drug-likeness (QED) is 0.147. The van der Waals surface area contributed by atoms with E-state index in [0.29, 0.717) is 69.3 Å². The predicted molar refractivity (Wildman–Crippen MR) is 156 cm³/mol. The van der Waals surface area contributed by atoms with Crippen molar-refractivity contribution < 1.29 is 33.3 Å². The normalized spacial score (nSPS) is 24.7. The van der Waals surface area contributed by atoms with Crippen LogP contribution in [0.1, 0.15) is 89.4 Å². The summed E-state index contributed by atoms with van der Waals surface area (Å²) in [5.74, 6) is -2.82. The smallest absolute Gasteiger partial charge is 0.251 e. The van der Waals surface area contributed by atoms with Gasteiger partial charge in [0.2, 0.25) is 23.4 Å². The van der Waals surface area contributed by atoms with Crippen LogP contribution in [0.25, 0.3) is 0 Å². The van der Waals surface area contributed by atoms with E-state index >= 15 is 0 Å². The fourth-order valence-corrected chi connectivity index (χ4v) is 5.29. The van der Waals surface area contributed by atoms with Gasteiger partial charge in [-0.05, 0) is 83.1 Å². The van der Waals surface area contributed by atoms with Crippen LogP contribution in [0.5, 0.6) is 0 Å². The summed E-state index contributed by atoms with van der Waals surface area (Å²) in [4.78, 5) is 48.7. The number of benzene rings is 1. The zero-order valence-corrected chi connectivity index (χ0v) is 25.4. The highest BCUT2D eigenvalue weighted by atomic mass is 19.1. The molecule has 11 heteroatoms. The SMILES string of the molecule is C=C(CC(CC)[C@@]1(C)OO[C@]2(CC[C@@H](CC(=O)NCC(C)(C)N)CC2)O1)C(=O)NCCCNC(=O)c1ccc(F)cc1. The third-order valence-electron chi connectivity index (χ3n) is 7.91. The molecule has 1 aliphatic carbocycles. The summed E-state index contributed by atoms with van der Waals surface area (Å²) >= 11 is 0. The Bertz CT molecular complexity index is 1100. The molecule has 1 heterocycles. The fourth-order valence-electron chi connectivity index (χ4n) is 5.29. The molecule has 0 bridgehead atoms. The average molecular weight is 591 g/mol. The van der Waals surface area contributed by atoms with Gasteiger partial charge in [-0.2, -0.15) is 9.78 Å². The van der Waals surface area contributed by atoms with Gasteiger partial charge in [0.25, 0.3) is 5.91 Å². The Morgan fingerprint density at radius 2 is 1.74 bits per heavy atom. The Balaban J connectivity index is 1.39. The molecule has 0 radical (unpaired) electrons. The van der Waals surface area contributed by atoms with E-state index in [0.717, 1.165) is 12.8 Å². The van der Waals surface area contributed by atoms with Crippen LogP contribution < -0.4 is 21.7 Å². The van der Waals surface area contributed by atoms with E-state index in [9.17, 15) is 18.8 Å². The van der Waals surface area contributed by atoms with E-state index in [2.05, 4.69) is 22.5 Å². The van der Waals surface area contributed by atoms with Crippen LogP contribution in [0.2, 0.25) is 0 Å². The van der Waals surface area contributed by atoms with Crippen LogP contribution in [-0.2, 0) is 24.1 Å². The van der Waals surface area contributed by atoms with Gasteiger partial charge in [0, 0.05) is 61.5 Å². The predicted octanol–water partition coefficient (Wildman–Crippen LogP) is 3.86. The van der Waals surface area contributed by atoms with E-state index in [-0.39, 0.29) is 29.6 Å². The lowest BCUT2D eigenvalue weighted by Crippen LogP contribution is -2.46. The first-order chi connectivity index (χ1) is 19.7. The van der Waals surface area contributed by atoms with Crippen molar-refractivity contribution in [1.29, 1.82) is 0 Å². The number of nitrogens with two attached hydrogens (primary N) is 1. The second-order valence-corrected chi connectivity index (χ2v) is 12.4. The lowest BCUT2D eigenvalue weighted by molar-refractivity contribution is -0.359. The molecule has 234 valence electrons. The fraction of sp³-hybridized carbons (Fsp3) is 0.645. The lowest BCUT2D eigenvalue weighted by atomic mass is 9.82. The maximum Gasteiger partial charge on any atom is 0.251 e. The van der Waals surface area contributed by atoms with E-state index in [4.69, 9.17) is 20.2 Å². The van der Waals surface area contributed by atoms with Crippen LogP contribution in [0.3, 0.4) is 0 Å². The number of nitrogens with one attached hydrogen (secondary N) is 3. The molecule has 42 heavy (non-hydrogen) atoms. The minimum absolute atomic E-state index is 0.00130. The number of rotatable bonds is 14. The largest absolute Gasteiger partial charge is 0.354 e. The molecule has 3 rings (SSSR count). The summed E-state index contributed by atoms with van der Waals surface area (Å²) < 4.78 is 19.5. The summed E-state index contributed by atoms with van der Waals surface area (Å²) in [5, 5.41) is 8.49. The van der Waals surface area contributed by atoms with Crippen molar-refractivity contribution >= 4 is 17.7 Å². The third-order valence-corrected chi connectivity index (χ3v) is 7.91. The molecule has 3 amide bonds. The number of ether oxygens (including phenoxy) is 1. The van der Waals surface area contributed by atoms with Gasteiger partial charge in [-0.3, -0.25) is 14.4 Å². The van der Waals surface area contributed by atoms with Crippen LogP contribution in [0.15, 0.2) is 36.4 Å². The van der Waals surface area contributed by atoms with E-state index in [1.165, 1.54) is 24.3 Å². The first-order valence-corrected chi connectivity index (χ1v) is 14.9. The highest BCUT2D eigenvalue weighted by molar-refractivity contribution is 5.94. The molecule has 0 aromatic heterocycles. The van der Waals surface area contributed by atoms with Gasteiger partial charge >= 0.3 is 0 Å². The monoisotopic (exact) mass is 590 g/mol. The van der Waals surface area contributed by atoms with Gasteiger partial charge in [-0.15, -0.1) is 0 Å². The molecule has 1 saturated carbocycles. The third kappa shape index (κ3) is 9.86. The van der Waals surface area contributed by atoms with Gasteiger partial charge in [0.1, 0.15) is 5.82 Å². The molecule has 1 saturated heterocycles. The van der Waals surface area contributed by atoms with Crippen molar-refractivity contribution in [2.75, 3.05) is 19.6 Å². The minimum Gasteiger partial charge on any atom is -0.354 e. The maximum atomic E-state index is 13.0. The number of carbonyl (C=O) groups is 3. The number of halogens is 1. The van der Waals surface area contributed by atoms with Crippen molar-refractivity contribution in [2.45, 2.75) is 96.2 Å². The van der Waals surface area contributed by atoms with Gasteiger partial charge in [0.15, 0.2) is 0 Å². The zero-order valence-electron chi connectivity index (χ0n) is 25.4. The topological polar surface area (TPSA) is 141 Å². The maximum absolute atomic E-state index is 13.0. The number of hydrogen-bond donors (Lipinski definition) is 4. The standard InChI is InChI=1S/C31H47FN4O6/c1-6-24(18-21(2)27(38)34-16-7-17-35-28(39)23-8-10-25(32)11-9-23)30(5)40-31(42-41-30)14-12-22(13-15-31)19-26(37)36-20-29(3,4)33/h8-11,22,24H,2,6-7,12-20,33H2,1,3-5H3,(H,34,38)(H,35,39)(H,36,37)/t22-,24?,30-,31+/m1/s1. The summed E-state index contributed by atoms with van der Waals surface area (Å²) in [6, 6.07) is 5.31. The second kappa shape index (κ2) is 14.5. The molecule has 1 spiro atoms. The van der Waals surface area contributed by atoms with E-state index in [1.807, 2.05) is 27.7 Å². The van der Waals surface area contributed by atoms with Crippen LogP contribution in [0, 0.1) is 17.7 Å². The highest BCUT2D eigenvalue weighted by Crippen LogP contribution is 2.48. The van der Waals surface area contributed by atoms with Gasteiger partial charge in [-0.1, -0.05) is 13.5 Å². The van der Waals surface area contributed by atoms with Gasteiger partial charge < -0.3 is 26.4 Å². The first-order valence-electron chi connectivity index (χ1n) is 14.9. The Labute approximate surface area is 248 Å². The molecule has 5 N–H and O–H groups in total. The average Bonchev–Trinajstić information content (AvgIpc) is 3.28. The summed E-state index contributed by atoms with van der Waals surface area (Å²) in [7, 11) is 0. The highest BCUT2D eigenvalue weighted by Gasteiger charge is 2.54. The van der Waals surface area contributed by atoms with Crippen LogP contribution in [-0.4, -0.2) is 54.5 Å². The molecule has 2 aliphatic rings. The summed E-state index contributed by atoms with van der Waals surface area (Å²) in [6.45, 7) is 12.7. The number of hydrogen-bond acceptors (Lipinski definition) is 7. The van der Waals surface area contributed by atoms with Crippen molar-refractivity contribution in [2.24, 2.45) is 17.6 Å². The van der Waals surface area contributed by atoms with E-state index in [1.54, 1.807) is 0 Å². The first kappa shape index (κ1) is 33.6. The van der Waals surface area contributed by atoms with Crippen LogP contribution >= 0.6 is 0 Å². The lowest BCUT2D eigenvalue weighted by Gasteiger charge is -2.36. The molecule has 10 nitrogen and oxygen atoms in total. The Morgan fingerprint density at radius 3 is 2.36 bits per heavy atom. The van der Waals surface area contributed by atoms with E-state index < -0.39 is 22.9 Å². The molecular weight excluding hydrogens is 543 g/mol. The minimum atomic E-state index is -1.04. The number of carbonyl (C=O) groups excluding carboxylic acids is 3. The Kier molecular flexibility index (Phi) is 11.7. The summed E-state index contributed by atoms with van der Waals surface area (Å²) in [6.07, 6.45) is 4.77. The molecule has 2 atom stereocenters. The molecule has 1 aromatic rings. The van der Waals surface area contributed by atoms with Gasteiger partial charge in [0.05, 0.1) is 0 Å². The second-order valence-electron chi connectivity index (χ2n) is 12.4. The molecular formula is C31H47FN4O6. The molecule has 1 aliphatic heterocycles. The zero-order chi connectivity index (χ0) is 31.0. The van der Waals surface area contributed by atoms with Crippen molar-refractivity contribution in [3.05, 3.63) is 47.8 Å². The number of amides is 3.